The Labute approximate surface area is 240 Å². The fourth-order valence-electron chi connectivity index (χ4n) is 6.39. The van der Waals surface area contributed by atoms with Crippen LogP contribution in [0.3, 0.4) is 0 Å². The van der Waals surface area contributed by atoms with E-state index >= 15 is 0 Å². The lowest BCUT2D eigenvalue weighted by molar-refractivity contribution is -0.137. The number of ketones is 2. The van der Waals surface area contributed by atoms with Crippen molar-refractivity contribution in [3.05, 3.63) is 87.2 Å². The Kier molecular flexibility index (Phi) is 7.43. The molecular weight excluding hydrogens is 526 g/mol. The zero-order chi connectivity index (χ0) is 28.8. The van der Waals surface area contributed by atoms with E-state index in [1.807, 2.05) is 53.4 Å². The lowest BCUT2D eigenvalue weighted by Gasteiger charge is -2.49. The summed E-state index contributed by atoms with van der Waals surface area (Å²) in [5, 5.41) is 10.2. The molecule has 0 saturated heterocycles. The SMILES string of the molecule is CC1(C)CC(=O)C2=C(C1)N(CCC(=O)O)C1=C(C(=O)CC(C)(C)C1)C2c1ccc(OCc2ccccc2Cl)cc1. The summed E-state index contributed by atoms with van der Waals surface area (Å²) in [6, 6.07) is 15.2. The van der Waals surface area contributed by atoms with Gasteiger partial charge in [-0.1, -0.05) is 69.6 Å². The van der Waals surface area contributed by atoms with Crippen LogP contribution in [0.25, 0.3) is 0 Å². The summed E-state index contributed by atoms with van der Waals surface area (Å²) in [5.74, 6) is -0.657. The van der Waals surface area contributed by atoms with Gasteiger partial charge in [-0.05, 0) is 47.4 Å². The number of allylic oxidation sites excluding steroid dienone is 4. The maximum atomic E-state index is 13.8. The number of rotatable bonds is 7. The van der Waals surface area contributed by atoms with Crippen molar-refractivity contribution in [1.29, 1.82) is 0 Å². The summed E-state index contributed by atoms with van der Waals surface area (Å²) >= 11 is 6.28. The first-order valence-electron chi connectivity index (χ1n) is 13.8. The number of carboxylic acids is 1. The first-order valence-corrected chi connectivity index (χ1v) is 14.2. The number of nitrogens with zero attached hydrogens (tertiary/aromatic N) is 1. The van der Waals surface area contributed by atoms with Crippen LogP contribution in [0.5, 0.6) is 5.75 Å². The van der Waals surface area contributed by atoms with Crippen molar-refractivity contribution in [2.45, 2.75) is 72.3 Å². The topological polar surface area (TPSA) is 83.9 Å². The fraction of sp³-hybridized carbons (Fsp3) is 0.424. The van der Waals surface area contributed by atoms with Crippen molar-refractivity contribution in [1.82, 2.24) is 4.90 Å². The Bertz CT molecular complexity index is 1380. The first kappa shape index (κ1) is 28.2. The largest absolute Gasteiger partial charge is 0.489 e. The van der Waals surface area contributed by atoms with E-state index < -0.39 is 11.9 Å². The number of hydrogen-bond acceptors (Lipinski definition) is 5. The Hall–Kier alpha value is -3.38. The molecule has 2 aliphatic carbocycles. The quantitative estimate of drug-likeness (QED) is 0.389. The summed E-state index contributed by atoms with van der Waals surface area (Å²) in [6.45, 7) is 8.86. The van der Waals surface area contributed by atoms with E-state index in [1.54, 1.807) is 0 Å². The van der Waals surface area contributed by atoms with Gasteiger partial charge in [0.15, 0.2) is 11.6 Å². The summed E-state index contributed by atoms with van der Waals surface area (Å²) < 4.78 is 5.99. The lowest BCUT2D eigenvalue weighted by atomic mass is 9.63. The normalized spacial score (nSPS) is 20.4. The maximum Gasteiger partial charge on any atom is 0.305 e. The summed E-state index contributed by atoms with van der Waals surface area (Å²) in [7, 11) is 0. The van der Waals surface area contributed by atoms with Crippen LogP contribution >= 0.6 is 11.6 Å². The molecule has 7 heteroatoms. The number of carbonyl (C=O) groups excluding carboxylic acids is 2. The van der Waals surface area contributed by atoms with Crippen molar-refractivity contribution < 1.29 is 24.2 Å². The molecular formula is C33H36ClNO5. The van der Waals surface area contributed by atoms with Gasteiger partial charge in [-0.25, -0.2) is 0 Å². The highest BCUT2D eigenvalue weighted by molar-refractivity contribution is 6.31. The molecule has 2 aromatic rings. The second-order valence-electron chi connectivity index (χ2n) is 12.8. The van der Waals surface area contributed by atoms with Gasteiger partial charge in [-0.15, -0.1) is 0 Å². The third kappa shape index (κ3) is 5.60. The average molecular weight is 562 g/mol. The monoisotopic (exact) mass is 561 g/mol. The smallest absolute Gasteiger partial charge is 0.305 e. The van der Waals surface area contributed by atoms with Crippen molar-refractivity contribution >= 4 is 29.1 Å². The lowest BCUT2D eigenvalue weighted by Crippen LogP contribution is -2.45. The molecule has 0 aromatic heterocycles. The van der Waals surface area contributed by atoms with E-state index in [9.17, 15) is 19.5 Å². The van der Waals surface area contributed by atoms with Gasteiger partial charge < -0.3 is 14.7 Å². The summed E-state index contributed by atoms with van der Waals surface area (Å²) in [6.07, 6.45) is 2.00. The van der Waals surface area contributed by atoms with E-state index in [1.165, 1.54) is 0 Å². The van der Waals surface area contributed by atoms with Crippen LogP contribution < -0.4 is 4.74 Å². The maximum absolute atomic E-state index is 13.8. The van der Waals surface area contributed by atoms with Gasteiger partial charge in [-0.2, -0.15) is 0 Å². The fourth-order valence-corrected chi connectivity index (χ4v) is 6.58. The van der Waals surface area contributed by atoms with E-state index in [0.29, 0.717) is 54.2 Å². The Morgan fingerprint density at radius 2 is 1.45 bits per heavy atom. The van der Waals surface area contributed by atoms with E-state index in [-0.39, 0.29) is 35.4 Å². The third-order valence-electron chi connectivity index (χ3n) is 8.14. The van der Waals surface area contributed by atoms with Gasteiger partial charge in [0.25, 0.3) is 0 Å². The summed E-state index contributed by atoms with van der Waals surface area (Å²) in [4.78, 5) is 41.2. The number of Topliss-reactive ketones (excluding diaryl/α,β-unsaturated/α-hetero) is 2. The van der Waals surface area contributed by atoms with Crippen molar-refractivity contribution in [2.24, 2.45) is 10.8 Å². The highest BCUT2D eigenvalue weighted by Gasteiger charge is 2.48. The minimum atomic E-state index is -0.901. The van der Waals surface area contributed by atoms with Crippen LogP contribution in [0, 0.1) is 10.8 Å². The van der Waals surface area contributed by atoms with E-state index in [2.05, 4.69) is 27.7 Å². The van der Waals surface area contributed by atoms with Gasteiger partial charge in [-0.3, -0.25) is 14.4 Å². The molecule has 2 aromatic carbocycles. The summed E-state index contributed by atoms with van der Waals surface area (Å²) in [5.41, 5.74) is 4.26. The molecule has 0 fully saturated rings. The zero-order valence-corrected chi connectivity index (χ0v) is 24.3. The molecule has 1 N–H and O–H groups in total. The van der Waals surface area contributed by atoms with Gasteiger partial charge >= 0.3 is 5.97 Å². The van der Waals surface area contributed by atoms with Crippen LogP contribution in [-0.4, -0.2) is 34.1 Å². The molecule has 210 valence electrons. The number of aliphatic carboxylic acids is 1. The van der Waals surface area contributed by atoms with E-state index in [0.717, 1.165) is 22.5 Å². The molecule has 1 heterocycles. The Morgan fingerprint density at radius 1 is 0.900 bits per heavy atom. The third-order valence-corrected chi connectivity index (χ3v) is 8.51. The van der Waals surface area contributed by atoms with Gasteiger partial charge in [0.2, 0.25) is 0 Å². The van der Waals surface area contributed by atoms with Crippen molar-refractivity contribution in [3.8, 4) is 5.75 Å². The number of hydrogen-bond donors (Lipinski definition) is 1. The second-order valence-corrected chi connectivity index (χ2v) is 13.2. The minimum Gasteiger partial charge on any atom is -0.489 e. The highest BCUT2D eigenvalue weighted by atomic mass is 35.5. The molecule has 1 aliphatic heterocycles. The molecule has 0 atom stereocenters. The zero-order valence-electron chi connectivity index (χ0n) is 23.6. The average Bonchev–Trinajstić information content (AvgIpc) is 2.85. The number of carboxylic acid groups (broad SMARTS) is 1. The standard InChI is InChI=1S/C33H36ClNO5/c1-32(2)15-24-30(26(36)17-32)29(20-9-11-22(12-10-20)40-19-21-7-5-6-8-23(21)34)31-25(35(24)14-13-28(38)39)16-33(3,4)18-27(31)37/h5-12,29H,13-19H2,1-4H3,(H,38,39). The predicted molar refractivity (Wildman–Crippen MR) is 154 cm³/mol. The van der Waals surface area contributed by atoms with Gasteiger partial charge in [0, 0.05) is 58.4 Å². The second kappa shape index (κ2) is 10.5. The van der Waals surface area contributed by atoms with Gasteiger partial charge in [0.05, 0.1) is 6.42 Å². The van der Waals surface area contributed by atoms with Crippen LogP contribution in [0.15, 0.2) is 71.1 Å². The molecule has 0 bridgehead atoms. The molecule has 40 heavy (non-hydrogen) atoms. The molecule has 0 amide bonds. The highest BCUT2D eigenvalue weighted by Crippen LogP contribution is 2.54. The number of ether oxygens (including phenoxy) is 1. The Balaban J connectivity index is 1.57. The van der Waals surface area contributed by atoms with Crippen LogP contribution in [0.1, 0.15) is 76.8 Å². The first-order chi connectivity index (χ1) is 18.8. The molecule has 0 saturated carbocycles. The van der Waals surface area contributed by atoms with E-state index in [4.69, 9.17) is 16.3 Å². The van der Waals surface area contributed by atoms with Crippen LogP contribution in [0.4, 0.5) is 0 Å². The van der Waals surface area contributed by atoms with Crippen LogP contribution in [-0.2, 0) is 21.0 Å². The Morgan fingerprint density at radius 3 is 1.98 bits per heavy atom. The van der Waals surface area contributed by atoms with Crippen molar-refractivity contribution in [3.63, 3.8) is 0 Å². The minimum absolute atomic E-state index is 0.0276. The number of halogens is 1. The molecule has 0 radical (unpaired) electrons. The molecule has 0 unspecified atom stereocenters. The predicted octanol–water partition coefficient (Wildman–Crippen LogP) is 7.08. The molecule has 3 aliphatic rings. The van der Waals surface area contributed by atoms with Gasteiger partial charge in [0.1, 0.15) is 12.4 Å². The number of carbonyl (C=O) groups is 3. The number of benzene rings is 2. The van der Waals surface area contributed by atoms with Crippen LogP contribution in [0.2, 0.25) is 5.02 Å². The molecule has 6 nitrogen and oxygen atoms in total. The van der Waals surface area contributed by atoms with Crippen molar-refractivity contribution in [2.75, 3.05) is 6.54 Å². The molecule has 0 spiro atoms. The molecule has 5 rings (SSSR count).